The topological polar surface area (TPSA) is 17.2 Å². The molecule has 3 aromatic rings. The van der Waals surface area contributed by atoms with Gasteiger partial charge in [-0.2, -0.15) is 0 Å². The van der Waals surface area contributed by atoms with Crippen LogP contribution in [0.25, 0.3) is 26.4 Å². The van der Waals surface area contributed by atoms with Gasteiger partial charge in [-0.25, -0.2) is 0 Å². The molecule has 0 saturated heterocycles. The first-order valence-corrected chi connectivity index (χ1v) is 5.03. The maximum absolute atomic E-state index is 7.10. The molecule has 0 aliphatic heterocycles. The van der Waals surface area contributed by atoms with Crippen LogP contribution >= 0.6 is 0 Å². The van der Waals surface area contributed by atoms with Crippen LogP contribution in [0.2, 0.25) is 0 Å². The summed E-state index contributed by atoms with van der Waals surface area (Å²) in [6.07, 6.45) is 1.68. The van der Waals surface area contributed by atoms with Crippen molar-refractivity contribution in [3.05, 3.63) is 60.1 Å². The van der Waals surface area contributed by atoms with E-state index in [2.05, 4.69) is 28.0 Å². The molecule has 2 heteroatoms. The van der Waals surface area contributed by atoms with Crippen molar-refractivity contribution < 1.29 is 0 Å². The van der Waals surface area contributed by atoms with Gasteiger partial charge in [-0.3, -0.25) is 0 Å². The minimum Gasteiger partial charge on any atom is -0.360 e. The van der Waals surface area contributed by atoms with Crippen LogP contribution < -0.4 is 0 Å². The Labute approximate surface area is 93.0 Å². The number of fused-ring (bicyclic) bond motifs is 2. The highest BCUT2D eigenvalue weighted by Gasteiger charge is 2.03. The minimum absolute atomic E-state index is 0.475. The highest BCUT2D eigenvalue weighted by atomic mass is 14.9. The first-order valence-electron chi connectivity index (χ1n) is 5.03. The number of pyridine rings is 1. The van der Waals surface area contributed by atoms with E-state index < -0.39 is 0 Å². The lowest BCUT2D eigenvalue weighted by atomic mass is 10.0. The molecule has 0 bridgehead atoms. The summed E-state index contributed by atoms with van der Waals surface area (Å²) < 4.78 is 0. The van der Waals surface area contributed by atoms with E-state index in [1.165, 1.54) is 5.39 Å². The Morgan fingerprint density at radius 2 is 1.69 bits per heavy atom. The lowest BCUT2D eigenvalue weighted by Crippen LogP contribution is -1.78. The summed E-state index contributed by atoms with van der Waals surface area (Å²) in [4.78, 5) is 7.52. The van der Waals surface area contributed by atoms with E-state index in [4.69, 9.17) is 6.57 Å². The third-order valence-corrected chi connectivity index (χ3v) is 2.72. The van der Waals surface area contributed by atoms with Gasteiger partial charge in [0.05, 0.1) is 0 Å². The van der Waals surface area contributed by atoms with E-state index in [0.717, 1.165) is 16.2 Å². The van der Waals surface area contributed by atoms with Gasteiger partial charge in [0, 0.05) is 5.39 Å². The molecule has 74 valence electrons. The number of nitrogens with zero attached hydrogens (tertiary/aromatic N) is 2. The van der Waals surface area contributed by atoms with Crippen molar-refractivity contribution in [3.8, 4) is 0 Å². The monoisotopic (exact) mass is 204 g/mol. The first-order chi connectivity index (χ1) is 7.88. The maximum Gasteiger partial charge on any atom is 0.277 e. The second kappa shape index (κ2) is 3.32. The molecule has 0 saturated carbocycles. The summed E-state index contributed by atoms with van der Waals surface area (Å²) in [6, 6.07) is 14.2. The largest absolute Gasteiger partial charge is 0.360 e. The van der Waals surface area contributed by atoms with Gasteiger partial charge >= 0.3 is 0 Å². The molecule has 0 aliphatic rings. The summed E-state index contributed by atoms with van der Waals surface area (Å²) in [5.74, 6) is 0.475. The van der Waals surface area contributed by atoms with Gasteiger partial charge in [-0.05, 0) is 28.3 Å². The first kappa shape index (κ1) is 8.87. The standard InChI is InChI=1S/C14H8N2/c1-15-14-13-9-11-5-3-2-4-10(11)8-12(13)6-7-16-14/h2-9H. The number of hydrogen-bond donors (Lipinski definition) is 0. The Morgan fingerprint density at radius 1 is 0.938 bits per heavy atom. The normalized spacial score (nSPS) is 10.4. The Balaban J connectivity index is 2.52. The van der Waals surface area contributed by atoms with Gasteiger partial charge in [0.25, 0.3) is 5.82 Å². The zero-order valence-electron chi connectivity index (χ0n) is 8.51. The third kappa shape index (κ3) is 1.23. The molecule has 0 amide bonds. The van der Waals surface area contributed by atoms with Gasteiger partial charge in [-0.1, -0.05) is 36.9 Å². The third-order valence-electron chi connectivity index (χ3n) is 2.72. The Hall–Kier alpha value is -2.40. The molecule has 0 aliphatic carbocycles. The number of rotatable bonds is 0. The molecule has 0 fully saturated rings. The zero-order valence-corrected chi connectivity index (χ0v) is 8.51. The molecule has 2 aromatic carbocycles. The molecule has 3 rings (SSSR count). The predicted molar refractivity (Wildman–Crippen MR) is 65.5 cm³/mol. The molecule has 0 atom stereocenters. The van der Waals surface area contributed by atoms with Crippen molar-refractivity contribution in [2.45, 2.75) is 0 Å². The van der Waals surface area contributed by atoms with Crippen LogP contribution in [-0.2, 0) is 0 Å². The van der Waals surface area contributed by atoms with Gasteiger partial charge in [0.15, 0.2) is 0 Å². The lowest BCUT2D eigenvalue weighted by molar-refractivity contribution is 1.39. The molecule has 0 radical (unpaired) electrons. The summed E-state index contributed by atoms with van der Waals surface area (Å²) >= 11 is 0. The maximum atomic E-state index is 7.10. The van der Waals surface area contributed by atoms with Gasteiger partial charge < -0.3 is 4.85 Å². The molecule has 0 spiro atoms. The van der Waals surface area contributed by atoms with Crippen LogP contribution in [0.3, 0.4) is 0 Å². The van der Waals surface area contributed by atoms with Crippen LogP contribution in [-0.4, -0.2) is 4.98 Å². The van der Waals surface area contributed by atoms with Crippen molar-refractivity contribution in [2.24, 2.45) is 0 Å². The number of aromatic nitrogens is 1. The quantitative estimate of drug-likeness (QED) is 0.400. The molecular formula is C14H8N2. The minimum atomic E-state index is 0.475. The van der Waals surface area contributed by atoms with Crippen molar-refractivity contribution in [1.29, 1.82) is 0 Å². The van der Waals surface area contributed by atoms with E-state index in [0.29, 0.717) is 5.82 Å². The average molecular weight is 204 g/mol. The molecule has 1 heterocycles. The van der Waals surface area contributed by atoms with E-state index in [1.807, 2.05) is 24.3 Å². The fourth-order valence-electron chi connectivity index (χ4n) is 1.94. The smallest absolute Gasteiger partial charge is 0.277 e. The summed E-state index contributed by atoms with van der Waals surface area (Å²) in [5, 5.41) is 4.33. The fraction of sp³-hybridized carbons (Fsp3) is 0. The Bertz CT molecular complexity index is 723. The highest BCUT2D eigenvalue weighted by Crippen LogP contribution is 2.28. The van der Waals surface area contributed by atoms with Crippen molar-refractivity contribution in [2.75, 3.05) is 0 Å². The number of benzene rings is 2. The summed E-state index contributed by atoms with van der Waals surface area (Å²) in [7, 11) is 0. The second-order valence-electron chi connectivity index (χ2n) is 3.67. The molecule has 0 unspecified atom stereocenters. The molecule has 1 aromatic heterocycles. The predicted octanol–water partition coefficient (Wildman–Crippen LogP) is 3.94. The average Bonchev–Trinajstić information content (AvgIpc) is 2.35. The van der Waals surface area contributed by atoms with Gasteiger partial charge in [0.2, 0.25) is 0 Å². The molecular weight excluding hydrogens is 196 g/mol. The number of hydrogen-bond acceptors (Lipinski definition) is 1. The van der Waals surface area contributed by atoms with E-state index in [9.17, 15) is 0 Å². The Kier molecular flexibility index (Phi) is 1.84. The van der Waals surface area contributed by atoms with Crippen molar-refractivity contribution >= 4 is 27.4 Å². The second-order valence-corrected chi connectivity index (χ2v) is 3.67. The van der Waals surface area contributed by atoms with E-state index in [1.54, 1.807) is 6.20 Å². The van der Waals surface area contributed by atoms with Crippen molar-refractivity contribution in [3.63, 3.8) is 0 Å². The van der Waals surface area contributed by atoms with Crippen LogP contribution in [0.4, 0.5) is 5.82 Å². The summed E-state index contributed by atoms with van der Waals surface area (Å²) in [5.41, 5.74) is 0. The van der Waals surface area contributed by atoms with Crippen LogP contribution in [0.15, 0.2) is 48.7 Å². The molecule has 16 heavy (non-hydrogen) atoms. The van der Waals surface area contributed by atoms with Crippen LogP contribution in [0.5, 0.6) is 0 Å². The van der Waals surface area contributed by atoms with Gasteiger partial charge in [-0.15, -0.1) is 4.98 Å². The van der Waals surface area contributed by atoms with E-state index in [-0.39, 0.29) is 0 Å². The lowest BCUT2D eigenvalue weighted by Gasteiger charge is -2.02. The zero-order chi connectivity index (χ0) is 11.0. The van der Waals surface area contributed by atoms with E-state index >= 15 is 0 Å². The molecule has 0 N–H and O–H groups in total. The molecule has 2 nitrogen and oxygen atoms in total. The SMILES string of the molecule is [C-]#[N+]c1nccc2cc3ccccc3cc12. The van der Waals surface area contributed by atoms with Crippen LogP contribution in [0.1, 0.15) is 0 Å². The van der Waals surface area contributed by atoms with Crippen molar-refractivity contribution in [1.82, 2.24) is 4.98 Å². The summed E-state index contributed by atoms with van der Waals surface area (Å²) in [6.45, 7) is 7.10. The fourth-order valence-corrected chi connectivity index (χ4v) is 1.94. The van der Waals surface area contributed by atoms with Crippen LogP contribution in [0, 0.1) is 6.57 Å². The Morgan fingerprint density at radius 3 is 2.44 bits per heavy atom. The highest BCUT2D eigenvalue weighted by molar-refractivity contribution is 6.02. The van der Waals surface area contributed by atoms with Gasteiger partial charge in [0.1, 0.15) is 6.20 Å².